The smallest absolute Gasteiger partial charge is 0.272 e. The minimum absolute atomic E-state index is 0. The maximum Gasteiger partial charge on any atom is 0.272 e. The van der Waals surface area contributed by atoms with Gasteiger partial charge in [-0.05, 0) is 25.5 Å². The van der Waals surface area contributed by atoms with Crippen LogP contribution in [0.25, 0.3) is 10.9 Å². The number of fused-ring (bicyclic) bond motifs is 1. The molecule has 1 aliphatic heterocycles. The van der Waals surface area contributed by atoms with Crippen molar-refractivity contribution in [3.8, 4) is 0 Å². The predicted molar refractivity (Wildman–Crippen MR) is 83.4 cm³/mol. The van der Waals surface area contributed by atoms with Crippen LogP contribution < -0.4 is 10.6 Å². The van der Waals surface area contributed by atoms with Crippen molar-refractivity contribution in [2.45, 2.75) is 18.9 Å². The molecule has 118 valence electrons. The lowest BCUT2D eigenvalue weighted by molar-refractivity contribution is -0.384. The second-order valence-corrected chi connectivity index (χ2v) is 5.06. The standard InChI is InChI=1S/C13H15N5O3.ClH/c19-13(15-7-8-2-1-5-14-8)12-10-6-9(18(20)21)3-4-11(10)16-17-12;/h3-4,6,8,14H,1-2,5,7H2,(H,15,19)(H,16,17);1H. The molecule has 1 amide bonds. The molecule has 0 radical (unpaired) electrons. The number of aromatic nitrogens is 2. The molecule has 0 aliphatic carbocycles. The van der Waals surface area contributed by atoms with Crippen LogP contribution in [0.4, 0.5) is 5.69 Å². The van der Waals surface area contributed by atoms with Gasteiger partial charge in [-0.25, -0.2) is 0 Å². The summed E-state index contributed by atoms with van der Waals surface area (Å²) >= 11 is 0. The van der Waals surface area contributed by atoms with Crippen LogP contribution in [0.5, 0.6) is 0 Å². The SMILES string of the molecule is Cl.O=C(NCC1CCCN1)c1n[nH]c2ccc([N+](=O)[O-])cc12. The molecule has 1 saturated heterocycles. The van der Waals surface area contributed by atoms with Gasteiger partial charge < -0.3 is 10.6 Å². The molecule has 0 bridgehead atoms. The number of aromatic amines is 1. The Balaban J connectivity index is 0.00000176. The van der Waals surface area contributed by atoms with Crippen molar-refractivity contribution in [3.05, 3.63) is 34.0 Å². The van der Waals surface area contributed by atoms with Crippen LogP contribution in [0, 0.1) is 10.1 Å². The number of carbonyl (C=O) groups is 1. The lowest BCUT2D eigenvalue weighted by Gasteiger charge is -2.10. The lowest BCUT2D eigenvalue weighted by atomic mass is 10.1. The zero-order valence-corrected chi connectivity index (χ0v) is 12.5. The van der Waals surface area contributed by atoms with E-state index < -0.39 is 4.92 Å². The van der Waals surface area contributed by atoms with Crippen molar-refractivity contribution < 1.29 is 9.72 Å². The van der Waals surface area contributed by atoms with Gasteiger partial charge in [-0.3, -0.25) is 20.0 Å². The number of H-pyrrole nitrogens is 1. The molecule has 3 N–H and O–H groups in total. The van der Waals surface area contributed by atoms with Crippen molar-refractivity contribution in [1.82, 2.24) is 20.8 Å². The molecule has 2 aromatic rings. The van der Waals surface area contributed by atoms with E-state index in [0.717, 1.165) is 19.4 Å². The fraction of sp³-hybridized carbons (Fsp3) is 0.385. The summed E-state index contributed by atoms with van der Waals surface area (Å²) in [7, 11) is 0. The summed E-state index contributed by atoms with van der Waals surface area (Å²) in [5, 5.41) is 24.0. The molecule has 22 heavy (non-hydrogen) atoms. The van der Waals surface area contributed by atoms with E-state index in [1.165, 1.54) is 12.1 Å². The number of amides is 1. The van der Waals surface area contributed by atoms with Gasteiger partial charge >= 0.3 is 0 Å². The maximum atomic E-state index is 12.2. The summed E-state index contributed by atoms with van der Waals surface area (Å²) in [6.07, 6.45) is 2.14. The van der Waals surface area contributed by atoms with Crippen molar-refractivity contribution >= 4 is 34.9 Å². The Morgan fingerprint density at radius 2 is 2.32 bits per heavy atom. The summed E-state index contributed by atoms with van der Waals surface area (Å²) in [6, 6.07) is 4.58. The van der Waals surface area contributed by atoms with Gasteiger partial charge in [-0.15, -0.1) is 12.4 Å². The highest BCUT2D eigenvalue weighted by Gasteiger charge is 2.19. The zero-order valence-electron chi connectivity index (χ0n) is 11.7. The van der Waals surface area contributed by atoms with Crippen LogP contribution in [0.2, 0.25) is 0 Å². The van der Waals surface area contributed by atoms with E-state index in [0.29, 0.717) is 17.4 Å². The van der Waals surface area contributed by atoms with Gasteiger partial charge in [0.15, 0.2) is 5.69 Å². The molecular weight excluding hydrogens is 310 g/mol. The van der Waals surface area contributed by atoms with Gasteiger partial charge in [0.1, 0.15) is 0 Å². The largest absolute Gasteiger partial charge is 0.349 e. The van der Waals surface area contributed by atoms with E-state index in [9.17, 15) is 14.9 Å². The van der Waals surface area contributed by atoms with Gasteiger partial charge in [-0.1, -0.05) is 0 Å². The summed E-state index contributed by atoms with van der Waals surface area (Å²) in [5.74, 6) is -0.324. The lowest BCUT2D eigenvalue weighted by Crippen LogP contribution is -2.37. The maximum absolute atomic E-state index is 12.2. The average Bonchev–Trinajstić information content (AvgIpc) is 3.13. The number of benzene rings is 1. The average molecular weight is 326 g/mol. The Labute approximate surface area is 132 Å². The highest BCUT2D eigenvalue weighted by Crippen LogP contribution is 2.22. The van der Waals surface area contributed by atoms with Crippen LogP contribution in [0.15, 0.2) is 18.2 Å². The van der Waals surface area contributed by atoms with E-state index in [4.69, 9.17) is 0 Å². The Bertz CT molecular complexity index is 696. The fourth-order valence-electron chi connectivity index (χ4n) is 2.52. The molecule has 2 heterocycles. The highest BCUT2D eigenvalue weighted by molar-refractivity contribution is 6.05. The number of nitrogens with one attached hydrogen (secondary N) is 3. The van der Waals surface area contributed by atoms with Crippen LogP contribution in [-0.4, -0.2) is 40.2 Å². The first kappa shape index (κ1) is 16.2. The van der Waals surface area contributed by atoms with E-state index in [2.05, 4.69) is 20.8 Å². The van der Waals surface area contributed by atoms with E-state index >= 15 is 0 Å². The molecule has 1 unspecified atom stereocenters. The third kappa shape index (κ3) is 3.18. The number of rotatable bonds is 4. The Kier molecular flexibility index (Phi) is 4.94. The Morgan fingerprint density at radius 3 is 3.00 bits per heavy atom. The molecule has 1 aromatic heterocycles. The highest BCUT2D eigenvalue weighted by atomic mass is 35.5. The molecule has 0 spiro atoms. The van der Waals surface area contributed by atoms with Crippen LogP contribution in [-0.2, 0) is 0 Å². The number of hydrogen-bond donors (Lipinski definition) is 3. The van der Waals surface area contributed by atoms with Crippen molar-refractivity contribution in [2.75, 3.05) is 13.1 Å². The molecule has 1 aliphatic rings. The normalized spacial score (nSPS) is 17.2. The van der Waals surface area contributed by atoms with Crippen LogP contribution in [0.1, 0.15) is 23.3 Å². The van der Waals surface area contributed by atoms with Crippen molar-refractivity contribution in [3.63, 3.8) is 0 Å². The minimum atomic E-state index is -0.490. The predicted octanol–water partition coefficient (Wildman–Crippen LogP) is 1.37. The van der Waals surface area contributed by atoms with E-state index in [1.807, 2.05) is 0 Å². The number of halogens is 1. The number of nitro benzene ring substituents is 1. The molecule has 8 nitrogen and oxygen atoms in total. The number of hydrogen-bond acceptors (Lipinski definition) is 5. The second-order valence-electron chi connectivity index (χ2n) is 5.06. The summed E-state index contributed by atoms with van der Waals surface area (Å²) in [5.41, 5.74) is 0.729. The van der Waals surface area contributed by atoms with Crippen LogP contribution >= 0.6 is 12.4 Å². The molecule has 9 heteroatoms. The number of carbonyl (C=O) groups excluding carboxylic acids is 1. The number of non-ortho nitro benzene ring substituents is 1. The second kappa shape index (κ2) is 6.71. The monoisotopic (exact) mass is 325 g/mol. The summed E-state index contributed by atoms with van der Waals surface area (Å²) < 4.78 is 0. The van der Waals surface area contributed by atoms with Gasteiger partial charge in [0, 0.05) is 30.1 Å². The summed E-state index contributed by atoms with van der Waals surface area (Å²) in [4.78, 5) is 22.5. The van der Waals surface area contributed by atoms with Gasteiger partial charge in [-0.2, -0.15) is 5.10 Å². The number of nitro groups is 1. The molecule has 1 aromatic carbocycles. The van der Waals surface area contributed by atoms with E-state index in [1.54, 1.807) is 6.07 Å². The molecule has 1 fully saturated rings. The van der Waals surface area contributed by atoms with Gasteiger partial charge in [0.2, 0.25) is 0 Å². The van der Waals surface area contributed by atoms with E-state index in [-0.39, 0.29) is 35.7 Å². The van der Waals surface area contributed by atoms with Crippen LogP contribution in [0.3, 0.4) is 0 Å². The minimum Gasteiger partial charge on any atom is -0.349 e. The van der Waals surface area contributed by atoms with Gasteiger partial charge in [0.25, 0.3) is 11.6 Å². The first-order valence-electron chi connectivity index (χ1n) is 6.79. The molecule has 1 atom stereocenters. The van der Waals surface area contributed by atoms with Crippen molar-refractivity contribution in [1.29, 1.82) is 0 Å². The topological polar surface area (TPSA) is 113 Å². The third-order valence-electron chi connectivity index (χ3n) is 3.64. The van der Waals surface area contributed by atoms with Gasteiger partial charge in [0.05, 0.1) is 10.4 Å². The Hall–Kier alpha value is -2.19. The first-order chi connectivity index (χ1) is 10.1. The van der Waals surface area contributed by atoms with Crippen molar-refractivity contribution in [2.24, 2.45) is 0 Å². The molecule has 3 rings (SSSR count). The molecule has 0 saturated carbocycles. The molecular formula is C13H16ClN5O3. The Morgan fingerprint density at radius 1 is 1.50 bits per heavy atom. The summed E-state index contributed by atoms with van der Waals surface area (Å²) in [6.45, 7) is 1.50. The first-order valence-corrected chi connectivity index (χ1v) is 6.79. The number of nitrogens with zero attached hydrogens (tertiary/aromatic N) is 2. The zero-order chi connectivity index (χ0) is 14.8. The quantitative estimate of drug-likeness (QED) is 0.580. The third-order valence-corrected chi connectivity index (χ3v) is 3.64. The fourth-order valence-corrected chi connectivity index (χ4v) is 2.52.